The molecule has 4 nitrogen and oxygen atoms in total. The van der Waals surface area contributed by atoms with Gasteiger partial charge in [0.1, 0.15) is 0 Å². The summed E-state index contributed by atoms with van der Waals surface area (Å²) in [5, 5.41) is 11.9. The lowest BCUT2D eigenvalue weighted by molar-refractivity contribution is 0.779. The summed E-state index contributed by atoms with van der Waals surface area (Å²) in [4.78, 5) is 0. The number of tetrazole rings is 1. The first-order valence-corrected chi connectivity index (χ1v) is 4.58. The number of benzene rings is 1. The van der Waals surface area contributed by atoms with Gasteiger partial charge in [-0.1, -0.05) is 17.7 Å². The average molecular weight is 209 g/mol. The minimum Gasteiger partial charge on any atom is -0.198 e. The Balaban J connectivity index is 2.53. The molecule has 0 atom stereocenters. The van der Waals surface area contributed by atoms with Crippen molar-refractivity contribution in [2.45, 2.75) is 13.8 Å². The van der Waals surface area contributed by atoms with Gasteiger partial charge in [0.15, 0.2) is 5.82 Å². The molecule has 0 fully saturated rings. The second-order valence-corrected chi connectivity index (χ2v) is 3.48. The van der Waals surface area contributed by atoms with E-state index in [1.165, 1.54) is 0 Å². The summed E-state index contributed by atoms with van der Waals surface area (Å²) in [6, 6.07) is 5.73. The highest BCUT2D eigenvalue weighted by atomic mass is 35.5. The van der Waals surface area contributed by atoms with Gasteiger partial charge in [-0.3, -0.25) is 0 Å². The van der Waals surface area contributed by atoms with E-state index >= 15 is 0 Å². The number of hydrogen-bond acceptors (Lipinski definition) is 3. The number of nitrogens with zero attached hydrogens (tertiary/aromatic N) is 4. The molecule has 1 aromatic carbocycles. The van der Waals surface area contributed by atoms with Crippen molar-refractivity contribution in [1.82, 2.24) is 20.2 Å². The first-order valence-electron chi connectivity index (χ1n) is 4.20. The fourth-order valence-corrected chi connectivity index (χ4v) is 1.36. The Labute approximate surface area is 86.5 Å². The number of rotatable bonds is 1. The number of halogens is 1. The highest BCUT2D eigenvalue weighted by Gasteiger charge is 2.04. The summed E-state index contributed by atoms with van der Waals surface area (Å²) in [6.45, 7) is 3.80. The van der Waals surface area contributed by atoms with E-state index in [9.17, 15) is 0 Å². The van der Waals surface area contributed by atoms with E-state index in [0.717, 1.165) is 22.1 Å². The van der Waals surface area contributed by atoms with Crippen LogP contribution in [0.3, 0.4) is 0 Å². The molecule has 0 saturated heterocycles. The van der Waals surface area contributed by atoms with Crippen LogP contribution in [-0.4, -0.2) is 20.2 Å². The third-order valence-electron chi connectivity index (χ3n) is 2.03. The number of aryl methyl sites for hydroxylation is 2. The number of aromatic nitrogens is 4. The Morgan fingerprint density at radius 3 is 2.64 bits per heavy atom. The molecule has 5 heteroatoms. The van der Waals surface area contributed by atoms with Crippen molar-refractivity contribution in [3.05, 3.63) is 34.6 Å². The molecule has 14 heavy (non-hydrogen) atoms. The first kappa shape index (κ1) is 9.15. The molecule has 0 radical (unpaired) electrons. The van der Waals surface area contributed by atoms with Crippen molar-refractivity contribution in [3.63, 3.8) is 0 Å². The maximum Gasteiger partial charge on any atom is 0.153 e. The van der Waals surface area contributed by atoms with Crippen molar-refractivity contribution in [2.24, 2.45) is 0 Å². The van der Waals surface area contributed by atoms with Gasteiger partial charge < -0.3 is 0 Å². The van der Waals surface area contributed by atoms with Gasteiger partial charge in [0.25, 0.3) is 0 Å². The van der Waals surface area contributed by atoms with Crippen molar-refractivity contribution in [3.8, 4) is 5.69 Å². The minimum absolute atomic E-state index is 0.720. The standard InChI is InChI=1S/C9H9ClN4/c1-6-3-4-8(5-9(6)10)14-7(2)11-12-13-14/h3-5H,1-2H3. The molecule has 0 aliphatic carbocycles. The van der Waals surface area contributed by atoms with Crippen LogP contribution in [0, 0.1) is 13.8 Å². The molecule has 0 aliphatic rings. The lowest BCUT2D eigenvalue weighted by atomic mass is 10.2. The second-order valence-electron chi connectivity index (χ2n) is 3.07. The molecule has 1 heterocycles. The molecule has 0 bridgehead atoms. The SMILES string of the molecule is Cc1ccc(-n2nnnc2C)cc1Cl. The first-order chi connectivity index (χ1) is 6.68. The monoisotopic (exact) mass is 208 g/mol. The van der Waals surface area contributed by atoms with Gasteiger partial charge in [0.05, 0.1) is 5.69 Å². The Bertz CT molecular complexity index is 464. The van der Waals surface area contributed by atoms with E-state index in [2.05, 4.69) is 15.5 Å². The van der Waals surface area contributed by atoms with Crippen LogP contribution < -0.4 is 0 Å². The summed E-state index contributed by atoms with van der Waals surface area (Å²) < 4.78 is 1.64. The Morgan fingerprint density at radius 1 is 1.29 bits per heavy atom. The quantitative estimate of drug-likeness (QED) is 0.719. The summed E-state index contributed by atoms with van der Waals surface area (Å²) >= 11 is 6.00. The lowest BCUT2D eigenvalue weighted by Crippen LogP contribution is -1.99. The molecular weight excluding hydrogens is 200 g/mol. The van der Waals surface area contributed by atoms with E-state index < -0.39 is 0 Å². The van der Waals surface area contributed by atoms with E-state index in [1.54, 1.807) is 4.68 Å². The maximum absolute atomic E-state index is 6.00. The highest BCUT2D eigenvalue weighted by Crippen LogP contribution is 2.18. The van der Waals surface area contributed by atoms with Gasteiger partial charge in [-0.15, -0.1) is 5.10 Å². The van der Waals surface area contributed by atoms with E-state index in [0.29, 0.717) is 0 Å². The Hall–Kier alpha value is -1.42. The highest BCUT2D eigenvalue weighted by molar-refractivity contribution is 6.31. The molecule has 0 unspecified atom stereocenters. The van der Waals surface area contributed by atoms with Crippen LogP contribution in [0.2, 0.25) is 5.02 Å². The predicted molar refractivity (Wildman–Crippen MR) is 53.6 cm³/mol. The van der Waals surface area contributed by atoms with E-state index in [1.807, 2.05) is 32.0 Å². The van der Waals surface area contributed by atoms with Crippen LogP contribution in [0.15, 0.2) is 18.2 Å². The molecule has 0 saturated carbocycles. The normalized spacial score (nSPS) is 10.5. The zero-order chi connectivity index (χ0) is 10.1. The minimum atomic E-state index is 0.720. The van der Waals surface area contributed by atoms with Crippen LogP contribution in [0.5, 0.6) is 0 Å². The van der Waals surface area contributed by atoms with Crippen molar-refractivity contribution >= 4 is 11.6 Å². The molecule has 0 amide bonds. The van der Waals surface area contributed by atoms with Gasteiger partial charge >= 0.3 is 0 Å². The zero-order valence-electron chi connectivity index (χ0n) is 7.90. The average Bonchev–Trinajstić information content (AvgIpc) is 2.57. The van der Waals surface area contributed by atoms with E-state index in [4.69, 9.17) is 11.6 Å². The van der Waals surface area contributed by atoms with Crippen molar-refractivity contribution < 1.29 is 0 Å². The van der Waals surface area contributed by atoms with Crippen molar-refractivity contribution in [1.29, 1.82) is 0 Å². The van der Waals surface area contributed by atoms with Gasteiger partial charge in [-0.25, -0.2) is 0 Å². The largest absolute Gasteiger partial charge is 0.198 e. The predicted octanol–water partition coefficient (Wildman–Crippen LogP) is 1.93. The van der Waals surface area contributed by atoms with Crippen molar-refractivity contribution in [2.75, 3.05) is 0 Å². The fourth-order valence-electron chi connectivity index (χ4n) is 1.18. The van der Waals surface area contributed by atoms with Crippen LogP contribution in [0.25, 0.3) is 5.69 Å². The smallest absolute Gasteiger partial charge is 0.153 e. The molecular formula is C9H9ClN4. The summed E-state index contributed by atoms with van der Waals surface area (Å²) in [5.74, 6) is 0.741. The van der Waals surface area contributed by atoms with Crippen LogP contribution in [0.4, 0.5) is 0 Å². The molecule has 1 aromatic heterocycles. The van der Waals surface area contributed by atoms with Gasteiger partial charge in [-0.05, 0) is 42.0 Å². The molecule has 2 aromatic rings. The third-order valence-corrected chi connectivity index (χ3v) is 2.43. The summed E-state index contributed by atoms with van der Waals surface area (Å²) in [5.41, 5.74) is 1.92. The van der Waals surface area contributed by atoms with Crippen LogP contribution in [0.1, 0.15) is 11.4 Å². The fraction of sp³-hybridized carbons (Fsp3) is 0.222. The van der Waals surface area contributed by atoms with E-state index in [-0.39, 0.29) is 0 Å². The molecule has 0 aliphatic heterocycles. The number of hydrogen-bond donors (Lipinski definition) is 0. The summed E-state index contributed by atoms with van der Waals surface area (Å²) in [6.07, 6.45) is 0. The van der Waals surface area contributed by atoms with Gasteiger partial charge in [0.2, 0.25) is 0 Å². The molecule has 0 N–H and O–H groups in total. The lowest BCUT2D eigenvalue weighted by Gasteiger charge is -2.03. The Kier molecular flexibility index (Phi) is 2.21. The zero-order valence-corrected chi connectivity index (χ0v) is 8.65. The molecule has 72 valence electrons. The molecule has 0 spiro atoms. The van der Waals surface area contributed by atoms with Gasteiger partial charge in [-0.2, -0.15) is 4.68 Å². The van der Waals surface area contributed by atoms with Gasteiger partial charge in [0, 0.05) is 5.02 Å². The van der Waals surface area contributed by atoms with Crippen LogP contribution in [-0.2, 0) is 0 Å². The maximum atomic E-state index is 6.00. The topological polar surface area (TPSA) is 43.6 Å². The van der Waals surface area contributed by atoms with Crippen LogP contribution >= 0.6 is 11.6 Å². The molecule has 2 rings (SSSR count). The Morgan fingerprint density at radius 2 is 2.07 bits per heavy atom. The third kappa shape index (κ3) is 1.48. The second kappa shape index (κ2) is 3.38. The summed E-state index contributed by atoms with van der Waals surface area (Å²) in [7, 11) is 0.